The number of hydrogen-bond donors (Lipinski definition) is 2. The fourth-order valence-electron chi connectivity index (χ4n) is 1.80. The topological polar surface area (TPSA) is 61.6 Å². The number of rotatable bonds is 7. The summed E-state index contributed by atoms with van der Waals surface area (Å²) in [5.74, 6) is -0.0695. The largest absolute Gasteiger partial charge is 0.389 e. The van der Waals surface area contributed by atoms with Crippen molar-refractivity contribution in [2.24, 2.45) is 5.73 Å². The van der Waals surface area contributed by atoms with Gasteiger partial charge in [0, 0.05) is 18.7 Å². The van der Waals surface area contributed by atoms with Crippen LogP contribution in [0.2, 0.25) is 0 Å². The van der Waals surface area contributed by atoms with Crippen molar-refractivity contribution in [3.8, 4) is 0 Å². The summed E-state index contributed by atoms with van der Waals surface area (Å²) in [7, 11) is 5.96. The van der Waals surface area contributed by atoms with E-state index in [4.69, 9.17) is 18.0 Å². The summed E-state index contributed by atoms with van der Waals surface area (Å²) < 4.78 is 0. The molecule has 1 aromatic carbocycles. The second-order valence-corrected chi connectivity index (χ2v) is 5.80. The van der Waals surface area contributed by atoms with Crippen LogP contribution in [0.4, 0.5) is 5.69 Å². The number of nitrogens with zero attached hydrogens (tertiary/aromatic N) is 2. The summed E-state index contributed by atoms with van der Waals surface area (Å²) in [6.45, 7) is 3.60. The average Bonchev–Trinajstić information content (AvgIpc) is 2.44. The summed E-state index contributed by atoms with van der Waals surface area (Å²) in [4.78, 5) is 16.7. The van der Waals surface area contributed by atoms with Crippen LogP contribution in [0.1, 0.15) is 12.5 Å². The first-order valence-corrected chi connectivity index (χ1v) is 7.28. The third-order valence-electron chi connectivity index (χ3n) is 3.39. The van der Waals surface area contributed by atoms with Crippen LogP contribution in [0.15, 0.2) is 24.3 Å². The number of likely N-dealkylation sites (N-methyl/N-ethyl adjacent to an activating group) is 2. The maximum absolute atomic E-state index is 12.3. The molecule has 0 aliphatic rings. The molecule has 0 saturated heterocycles. The Morgan fingerprint density at radius 1 is 1.29 bits per heavy atom. The third kappa shape index (κ3) is 5.41. The molecule has 0 heterocycles. The highest BCUT2D eigenvalue weighted by Gasteiger charge is 2.19. The maximum atomic E-state index is 12.3. The van der Waals surface area contributed by atoms with Crippen molar-refractivity contribution in [1.29, 1.82) is 0 Å². The standard InChI is InChI=1S/C15H24N4OS/c1-11(19(4)10-9-18(2)3)15(20)17-13-8-6-5-7-12(13)14(16)21/h5-8,11H,9-10H2,1-4H3,(H2,16,21)(H,17,20). The summed E-state index contributed by atoms with van der Waals surface area (Å²) in [5.41, 5.74) is 7.01. The summed E-state index contributed by atoms with van der Waals surface area (Å²) in [5, 5.41) is 2.90. The van der Waals surface area contributed by atoms with Gasteiger partial charge in [-0.2, -0.15) is 0 Å². The number of para-hydroxylation sites is 1. The van der Waals surface area contributed by atoms with Gasteiger partial charge in [0.2, 0.25) is 5.91 Å². The maximum Gasteiger partial charge on any atom is 0.241 e. The van der Waals surface area contributed by atoms with Gasteiger partial charge in [0.1, 0.15) is 4.99 Å². The molecule has 6 heteroatoms. The van der Waals surface area contributed by atoms with E-state index in [2.05, 4.69) is 10.2 Å². The molecule has 1 unspecified atom stereocenters. The Kier molecular flexibility index (Phi) is 6.74. The molecule has 3 N–H and O–H groups in total. The molecule has 0 fully saturated rings. The van der Waals surface area contributed by atoms with E-state index in [9.17, 15) is 4.79 Å². The van der Waals surface area contributed by atoms with E-state index in [-0.39, 0.29) is 16.9 Å². The zero-order valence-electron chi connectivity index (χ0n) is 13.1. The molecule has 1 aromatic rings. The lowest BCUT2D eigenvalue weighted by atomic mass is 10.1. The van der Waals surface area contributed by atoms with Crippen LogP contribution >= 0.6 is 12.2 Å². The van der Waals surface area contributed by atoms with Crippen molar-refractivity contribution in [3.05, 3.63) is 29.8 Å². The Labute approximate surface area is 132 Å². The molecular weight excluding hydrogens is 284 g/mol. The number of amides is 1. The molecule has 0 aliphatic carbocycles. The van der Waals surface area contributed by atoms with Crippen molar-refractivity contribution in [2.75, 3.05) is 39.5 Å². The normalized spacial score (nSPS) is 12.5. The predicted octanol–water partition coefficient (Wildman–Crippen LogP) is 1.14. The van der Waals surface area contributed by atoms with Crippen molar-refractivity contribution >= 4 is 28.8 Å². The smallest absolute Gasteiger partial charge is 0.241 e. The minimum atomic E-state index is -0.232. The number of carbonyl (C=O) groups excluding carboxylic acids is 1. The molecule has 1 atom stereocenters. The average molecular weight is 308 g/mol. The Bertz CT molecular complexity index is 504. The highest BCUT2D eigenvalue weighted by atomic mass is 32.1. The van der Waals surface area contributed by atoms with E-state index in [1.165, 1.54) is 0 Å². The summed E-state index contributed by atoms with van der Waals surface area (Å²) >= 11 is 5.00. The lowest BCUT2D eigenvalue weighted by Gasteiger charge is -2.25. The number of nitrogens with one attached hydrogen (secondary N) is 1. The van der Waals surface area contributed by atoms with Gasteiger partial charge < -0.3 is 16.0 Å². The van der Waals surface area contributed by atoms with Gasteiger partial charge in [0.15, 0.2) is 0 Å². The van der Waals surface area contributed by atoms with Gasteiger partial charge in [-0.05, 0) is 40.2 Å². The third-order valence-corrected chi connectivity index (χ3v) is 3.61. The van der Waals surface area contributed by atoms with Crippen LogP contribution in [-0.4, -0.2) is 61.0 Å². The number of hydrogen-bond acceptors (Lipinski definition) is 4. The van der Waals surface area contributed by atoms with Crippen LogP contribution in [0.25, 0.3) is 0 Å². The first-order valence-electron chi connectivity index (χ1n) is 6.87. The molecule has 0 spiro atoms. The zero-order chi connectivity index (χ0) is 16.0. The molecule has 0 aliphatic heterocycles. The van der Waals surface area contributed by atoms with E-state index < -0.39 is 0 Å². The van der Waals surface area contributed by atoms with Gasteiger partial charge in [-0.15, -0.1) is 0 Å². The van der Waals surface area contributed by atoms with Crippen LogP contribution in [0.3, 0.4) is 0 Å². The first-order chi connectivity index (χ1) is 9.82. The van der Waals surface area contributed by atoms with Crippen molar-refractivity contribution in [1.82, 2.24) is 9.80 Å². The minimum absolute atomic E-state index is 0.0695. The van der Waals surface area contributed by atoms with Crippen molar-refractivity contribution in [3.63, 3.8) is 0 Å². The monoisotopic (exact) mass is 308 g/mol. The molecule has 0 saturated carbocycles. The number of carbonyl (C=O) groups is 1. The lowest BCUT2D eigenvalue weighted by Crippen LogP contribution is -2.42. The molecular formula is C15H24N4OS. The number of benzene rings is 1. The SMILES string of the molecule is CC(C(=O)Nc1ccccc1C(N)=S)N(C)CCN(C)C. The van der Waals surface area contributed by atoms with E-state index in [0.29, 0.717) is 11.3 Å². The Balaban J connectivity index is 2.70. The quantitative estimate of drug-likeness (QED) is 0.740. The van der Waals surface area contributed by atoms with Gasteiger partial charge >= 0.3 is 0 Å². The van der Waals surface area contributed by atoms with Gasteiger partial charge in [0.05, 0.1) is 11.7 Å². The van der Waals surface area contributed by atoms with Gasteiger partial charge in [-0.3, -0.25) is 9.69 Å². The second kappa shape index (κ2) is 8.07. The van der Waals surface area contributed by atoms with E-state index in [1.807, 2.05) is 45.1 Å². The highest BCUT2D eigenvalue weighted by Crippen LogP contribution is 2.15. The molecule has 0 radical (unpaired) electrons. The highest BCUT2D eigenvalue weighted by molar-refractivity contribution is 7.80. The predicted molar refractivity (Wildman–Crippen MR) is 91.6 cm³/mol. The van der Waals surface area contributed by atoms with E-state index in [0.717, 1.165) is 13.1 Å². The van der Waals surface area contributed by atoms with Crippen molar-refractivity contribution in [2.45, 2.75) is 13.0 Å². The molecule has 1 rings (SSSR count). The van der Waals surface area contributed by atoms with Gasteiger partial charge in [-0.1, -0.05) is 24.4 Å². The summed E-state index contributed by atoms with van der Waals surface area (Å²) in [6.07, 6.45) is 0. The zero-order valence-corrected chi connectivity index (χ0v) is 13.9. The lowest BCUT2D eigenvalue weighted by molar-refractivity contribution is -0.120. The Morgan fingerprint density at radius 2 is 1.90 bits per heavy atom. The minimum Gasteiger partial charge on any atom is -0.389 e. The number of thiocarbonyl (C=S) groups is 1. The Morgan fingerprint density at radius 3 is 2.48 bits per heavy atom. The number of nitrogens with two attached hydrogens (primary N) is 1. The molecule has 5 nitrogen and oxygen atoms in total. The van der Waals surface area contributed by atoms with Crippen molar-refractivity contribution < 1.29 is 4.79 Å². The fraction of sp³-hybridized carbons (Fsp3) is 0.467. The van der Waals surface area contributed by atoms with Crippen LogP contribution < -0.4 is 11.1 Å². The van der Waals surface area contributed by atoms with E-state index >= 15 is 0 Å². The van der Waals surface area contributed by atoms with E-state index in [1.54, 1.807) is 12.1 Å². The summed E-state index contributed by atoms with van der Waals surface area (Å²) in [6, 6.07) is 7.07. The second-order valence-electron chi connectivity index (χ2n) is 5.36. The molecule has 1 amide bonds. The van der Waals surface area contributed by atoms with Gasteiger partial charge in [-0.25, -0.2) is 0 Å². The van der Waals surface area contributed by atoms with Gasteiger partial charge in [0.25, 0.3) is 0 Å². The number of anilines is 1. The van der Waals surface area contributed by atoms with Crippen LogP contribution in [0, 0.1) is 0 Å². The molecule has 0 aromatic heterocycles. The molecule has 21 heavy (non-hydrogen) atoms. The van der Waals surface area contributed by atoms with Crippen LogP contribution in [0.5, 0.6) is 0 Å². The molecule has 116 valence electrons. The first kappa shape index (κ1) is 17.6. The molecule has 0 bridgehead atoms. The fourth-order valence-corrected chi connectivity index (χ4v) is 1.97. The van der Waals surface area contributed by atoms with Crippen LogP contribution in [-0.2, 0) is 4.79 Å². The Hall–Kier alpha value is -1.50.